The van der Waals surface area contributed by atoms with Crippen LogP contribution in [0.15, 0.2) is 24.3 Å². The molecule has 0 radical (unpaired) electrons. The summed E-state index contributed by atoms with van der Waals surface area (Å²) in [7, 11) is 1.66. The fourth-order valence-corrected chi connectivity index (χ4v) is 2.50. The Morgan fingerprint density at radius 2 is 2.00 bits per heavy atom. The van der Waals surface area contributed by atoms with E-state index in [0.29, 0.717) is 12.2 Å². The molecule has 1 aromatic carbocycles. The van der Waals surface area contributed by atoms with Crippen LogP contribution < -0.4 is 5.32 Å². The van der Waals surface area contributed by atoms with Gasteiger partial charge >= 0.3 is 0 Å². The molecule has 1 saturated heterocycles. The van der Waals surface area contributed by atoms with Crippen LogP contribution >= 0.6 is 0 Å². The molecule has 0 spiro atoms. The molecule has 1 fully saturated rings. The third-order valence-corrected chi connectivity index (χ3v) is 3.89. The Kier molecular flexibility index (Phi) is 6.83. The molecule has 2 rings (SSSR count). The van der Waals surface area contributed by atoms with Crippen molar-refractivity contribution >= 4 is 5.91 Å². The number of benzene rings is 1. The Morgan fingerprint density at radius 3 is 2.64 bits per heavy atom. The predicted octanol–water partition coefficient (Wildman–Crippen LogP) is 1.67. The van der Waals surface area contributed by atoms with Crippen LogP contribution in [-0.2, 0) is 16.1 Å². The lowest BCUT2D eigenvalue weighted by Gasteiger charge is -2.27. The second-order valence-electron chi connectivity index (χ2n) is 5.75. The number of morpholine rings is 1. The van der Waals surface area contributed by atoms with Crippen LogP contribution in [0.3, 0.4) is 0 Å². The number of nitrogens with one attached hydrogen (secondary N) is 1. The van der Waals surface area contributed by atoms with Gasteiger partial charge in [0.05, 0.1) is 19.8 Å². The van der Waals surface area contributed by atoms with Crippen molar-refractivity contribution in [1.29, 1.82) is 0 Å². The Hall–Kier alpha value is -1.43. The number of hydrogen-bond donors (Lipinski definition) is 1. The Morgan fingerprint density at radius 1 is 1.32 bits per heavy atom. The van der Waals surface area contributed by atoms with Crippen LogP contribution in [0.2, 0.25) is 0 Å². The standard InChI is InChI=1S/C17H26N2O3/c1-14(7-8-19-9-11-22-12-10-19)18-17(20)16-5-3-15(4-6-16)13-21-2/h3-6,14H,7-13H2,1-2H3,(H,18,20)/t14-/m1/s1. The largest absolute Gasteiger partial charge is 0.380 e. The van der Waals surface area contributed by atoms with Gasteiger partial charge in [-0.2, -0.15) is 0 Å². The van der Waals surface area contributed by atoms with Gasteiger partial charge in [-0.3, -0.25) is 9.69 Å². The Labute approximate surface area is 132 Å². The van der Waals surface area contributed by atoms with E-state index >= 15 is 0 Å². The van der Waals surface area contributed by atoms with E-state index in [0.717, 1.165) is 44.8 Å². The molecule has 1 N–H and O–H groups in total. The molecule has 1 heterocycles. The molecule has 0 aliphatic carbocycles. The van der Waals surface area contributed by atoms with Gasteiger partial charge in [-0.05, 0) is 31.0 Å². The van der Waals surface area contributed by atoms with Crippen molar-refractivity contribution < 1.29 is 14.3 Å². The van der Waals surface area contributed by atoms with Gasteiger partial charge in [0.2, 0.25) is 0 Å². The van der Waals surface area contributed by atoms with Crippen LogP contribution in [0.5, 0.6) is 0 Å². The first-order valence-corrected chi connectivity index (χ1v) is 7.88. The van der Waals surface area contributed by atoms with Gasteiger partial charge in [0.1, 0.15) is 0 Å². The van der Waals surface area contributed by atoms with Gasteiger partial charge < -0.3 is 14.8 Å². The number of hydrogen-bond acceptors (Lipinski definition) is 4. The molecule has 0 unspecified atom stereocenters. The molecule has 0 aromatic heterocycles. The molecular formula is C17H26N2O3. The summed E-state index contributed by atoms with van der Waals surface area (Å²) in [4.78, 5) is 14.6. The quantitative estimate of drug-likeness (QED) is 0.832. The van der Waals surface area contributed by atoms with E-state index in [1.165, 1.54) is 0 Å². The van der Waals surface area contributed by atoms with Crippen molar-refractivity contribution in [3.63, 3.8) is 0 Å². The van der Waals surface area contributed by atoms with Crippen LogP contribution in [0.1, 0.15) is 29.3 Å². The molecule has 1 amide bonds. The highest BCUT2D eigenvalue weighted by Gasteiger charge is 2.13. The summed E-state index contributed by atoms with van der Waals surface area (Å²) < 4.78 is 10.4. The highest BCUT2D eigenvalue weighted by molar-refractivity contribution is 5.94. The van der Waals surface area contributed by atoms with Crippen LogP contribution in [-0.4, -0.2) is 56.8 Å². The maximum atomic E-state index is 12.2. The SMILES string of the molecule is COCc1ccc(C(=O)N[C@H](C)CCN2CCOCC2)cc1. The summed E-state index contributed by atoms with van der Waals surface area (Å²) in [6, 6.07) is 7.71. The fraction of sp³-hybridized carbons (Fsp3) is 0.588. The smallest absolute Gasteiger partial charge is 0.251 e. The average Bonchev–Trinajstić information content (AvgIpc) is 2.55. The zero-order chi connectivity index (χ0) is 15.8. The topological polar surface area (TPSA) is 50.8 Å². The van der Waals surface area contributed by atoms with Crippen molar-refractivity contribution in [1.82, 2.24) is 10.2 Å². The lowest BCUT2D eigenvalue weighted by molar-refractivity contribution is 0.0363. The summed E-state index contributed by atoms with van der Waals surface area (Å²) in [5, 5.41) is 3.06. The molecule has 22 heavy (non-hydrogen) atoms. The van der Waals surface area contributed by atoms with E-state index in [4.69, 9.17) is 9.47 Å². The minimum atomic E-state index is -0.0153. The highest BCUT2D eigenvalue weighted by Crippen LogP contribution is 2.07. The summed E-state index contributed by atoms with van der Waals surface area (Å²) >= 11 is 0. The Bertz CT molecular complexity index is 455. The normalized spacial score (nSPS) is 17.2. The van der Waals surface area contributed by atoms with E-state index < -0.39 is 0 Å². The number of carbonyl (C=O) groups excluding carboxylic acids is 1. The number of ether oxygens (including phenoxy) is 2. The summed E-state index contributed by atoms with van der Waals surface area (Å²) in [5.74, 6) is -0.0153. The molecule has 1 aliphatic heterocycles. The molecule has 1 aliphatic rings. The lowest BCUT2D eigenvalue weighted by atomic mass is 10.1. The molecule has 0 saturated carbocycles. The number of nitrogens with zero attached hydrogens (tertiary/aromatic N) is 1. The summed E-state index contributed by atoms with van der Waals surface area (Å²) in [6.45, 7) is 7.22. The van der Waals surface area contributed by atoms with Crippen LogP contribution in [0.25, 0.3) is 0 Å². The summed E-state index contributed by atoms with van der Waals surface area (Å²) in [5.41, 5.74) is 1.76. The molecule has 0 bridgehead atoms. The second-order valence-corrected chi connectivity index (χ2v) is 5.75. The lowest BCUT2D eigenvalue weighted by Crippen LogP contribution is -2.40. The number of methoxy groups -OCH3 is 1. The third kappa shape index (κ3) is 5.40. The van der Waals surface area contributed by atoms with Crippen LogP contribution in [0, 0.1) is 0 Å². The third-order valence-electron chi connectivity index (χ3n) is 3.89. The molecule has 5 nitrogen and oxygen atoms in total. The van der Waals surface area contributed by atoms with Crippen molar-refractivity contribution in [2.24, 2.45) is 0 Å². The molecule has 1 atom stereocenters. The highest BCUT2D eigenvalue weighted by atomic mass is 16.5. The summed E-state index contributed by atoms with van der Waals surface area (Å²) in [6.07, 6.45) is 0.952. The van der Waals surface area contributed by atoms with Gasteiger partial charge in [-0.15, -0.1) is 0 Å². The molecule has 5 heteroatoms. The predicted molar refractivity (Wildman–Crippen MR) is 86.0 cm³/mol. The van der Waals surface area contributed by atoms with Gasteiger partial charge in [-0.1, -0.05) is 12.1 Å². The fourth-order valence-electron chi connectivity index (χ4n) is 2.50. The van der Waals surface area contributed by atoms with Gasteiger partial charge in [0.15, 0.2) is 0 Å². The first kappa shape index (κ1) is 16.9. The monoisotopic (exact) mass is 306 g/mol. The maximum absolute atomic E-state index is 12.2. The number of carbonyl (C=O) groups is 1. The van der Waals surface area contributed by atoms with Crippen LogP contribution in [0.4, 0.5) is 0 Å². The first-order valence-electron chi connectivity index (χ1n) is 7.88. The van der Waals surface area contributed by atoms with E-state index in [1.54, 1.807) is 7.11 Å². The minimum Gasteiger partial charge on any atom is -0.380 e. The van der Waals surface area contributed by atoms with Crippen molar-refractivity contribution in [2.45, 2.75) is 26.0 Å². The van der Waals surface area contributed by atoms with Crippen molar-refractivity contribution in [2.75, 3.05) is 40.0 Å². The Balaban J connectivity index is 1.75. The van der Waals surface area contributed by atoms with Gasteiger partial charge in [0.25, 0.3) is 5.91 Å². The van der Waals surface area contributed by atoms with E-state index in [9.17, 15) is 4.79 Å². The van der Waals surface area contributed by atoms with Gasteiger partial charge in [-0.25, -0.2) is 0 Å². The van der Waals surface area contributed by atoms with Crippen molar-refractivity contribution in [3.8, 4) is 0 Å². The van der Waals surface area contributed by atoms with E-state index in [-0.39, 0.29) is 11.9 Å². The number of rotatable bonds is 7. The molecule has 1 aromatic rings. The first-order chi connectivity index (χ1) is 10.7. The van der Waals surface area contributed by atoms with Gasteiger partial charge in [0, 0.05) is 38.3 Å². The average molecular weight is 306 g/mol. The molecule has 122 valence electrons. The number of amides is 1. The minimum absolute atomic E-state index is 0.0153. The van der Waals surface area contributed by atoms with E-state index in [1.807, 2.05) is 24.3 Å². The zero-order valence-corrected chi connectivity index (χ0v) is 13.5. The zero-order valence-electron chi connectivity index (χ0n) is 13.5. The maximum Gasteiger partial charge on any atom is 0.251 e. The van der Waals surface area contributed by atoms with E-state index in [2.05, 4.69) is 17.1 Å². The van der Waals surface area contributed by atoms with Crippen molar-refractivity contribution in [3.05, 3.63) is 35.4 Å². The second kappa shape index (κ2) is 8.88. The molecular weight excluding hydrogens is 280 g/mol.